The Labute approximate surface area is 86.4 Å². The first-order valence-electron chi connectivity index (χ1n) is 4.14. The fourth-order valence-corrected chi connectivity index (χ4v) is 1.56. The monoisotopic (exact) mass is 209 g/mol. The van der Waals surface area contributed by atoms with Gasteiger partial charge in [-0.3, -0.25) is 9.79 Å². The molecule has 1 atom stereocenters. The molecule has 4 heteroatoms. The van der Waals surface area contributed by atoms with Gasteiger partial charge in [0, 0.05) is 6.20 Å². The molecule has 2 rings (SSSR count). The van der Waals surface area contributed by atoms with E-state index in [-0.39, 0.29) is 16.7 Å². The highest BCUT2D eigenvalue weighted by atomic mass is 35.5. The Kier molecular flexibility index (Phi) is 2.25. The van der Waals surface area contributed by atoms with E-state index < -0.39 is 0 Å². The van der Waals surface area contributed by atoms with Crippen LogP contribution in [0, 0.1) is 5.92 Å². The normalized spacial score (nSPS) is 24.9. The van der Waals surface area contributed by atoms with Crippen molar-refractivity contribution in [2.24, 2.45) is 10.9 Å². The molecule has 1 heterocycles. The van der Waals surface area contributed by atoms with Crippen LogP contribution in [0.1, 0.15) is 0 Å². The minimum Gasteiger partial charge on any atom is -0.497 e. The van der Waals surface area contributed by atoms with E-state index in [1.807, 2.05) is 0 Å². The fourth-order valence-electron chi connectivity index (χ4n) is 1.39. The van der Waals surface area contributed by atoms with Crippen molar-refractivity contribution < 1.29 is 9.53 Å². The van der Waals surface area contributed by atoms with Gasteiger partial charge < -0.3 is 4.74 Å². The number of allylic oxidation sites excluding steroid dienone is 4. The lowest BCUT2D eigenvalue weighted by Gasteiger charge is -2.19. The SMILES string of the molecule is COC1=CC2C(=O)C(Cl)=CN=C2C=C1. The maximum atomic E-state index is 11.6. The summed E-state index contributed by atoms with van der Waals surface area (Å²) in [6.45, 7) is 0. The molecule has 0 fully saturated rings. The number of hydrogen-bond acceptors (Lipinski definition) is 3. The van der Waals surface area contributed by atoms with Crippen LogP contribution in [-0.4, -0.2) is 18.6 Å². The lowest BCUT2D eigenvalue weighted by Crippen LogP contribution is -2.26. The minimum atomic E-state index is -0.382. The van der Waals surface area contributed by atoms with Gasteiger partial charge in [0.25, 0.3) is 0 Å². The number of fused-ring (bicyclic) bond motifs is 1. The first-order chi connectivity index (χ1) is 6.72. The standard InChI is InChI=1S/C10H8ClNO2/c1-14-6-2-3-9-7(4-6)10(13)8(11)5-12-9/h2-5,7H,1H3. The minimum absolute atomic E-state index is 0.129. The average Bonchev–Trinajstić information content (AvgIpc) is 2.23. The third kappa shape index (κ3) is 1.40. The van der Waals surface area contributed by atoms with Crippen molar-refractivity contribution >= 4 is 23.1 Å². The number of nitrogens with zero attached hydrogens (tertiary/aromatic N) is 1. The number of aliphatic imine (C=N–C) groups is 1. The first kappa shape index (κ1) is 9.21. The topological polar surface area (TPSA) is 38.7 Å². The van der Waals surface area contributed by atoms with Crippen LogP contribution in [0.15, 0.2) is 40.2 Å². The molecular formula is C10H8ClNO2. The van der Waals surface area contributed by atoms with Crippen LogP contribution in [0.3, 0.4) is 0 Å². The molecular weight excluding hydrogens is 202 g/mol. The Morgan fingerprint density at radius 1 is 1.50 bits per heavy atom. The molecule has 0 N–H and O–H groups in total. The molecule has 0 aromatic rings. The van der Waals surface area contributed by atoms with Crippen molar-refractivity contribution in [2.45, 2.75) is 0 Å². The van der Waals surface area contributed by atoms with Gasteiger partial charge in [0.2, 0.25) is 0 Å². The van der Waals surface area contributed by atoms with E-state index in [1.165, 1.54) is 6.20 Å². The highest BCUT2D eigenvalue weighted by Crippen LogP contribution is 2.24. The molecule has 0 spiro atoms. The molecule has 72 valence electrons. The van der Waals surface area contributed by atoms with Gasteiger partial charge in [0.15, 0.2) is 5.78 Å². The maximum absolute atomic E-state index is 11.6. The lowest BCUT2D eigenvalue weighted by atomic mass is 9.91. The number of hydrogen-bond donors (Lipinski definition) is 0. The van der Waals surface area contributed by atoms with Gasteiger partial charge in [0.05, 0.1) is 18.7 Å². The van der Waals surface area contributed by atoms with E-state index in [2.05, 4.69) is 4.99 Å². The summed E-state index contributed by atoms with van der Waals surface area (Å²) in [4.78, 5) is 15.7. The summed E-state index contributed by atoms with van der Waals surface area (Å²) >= 11 is 5.69. The van der Waals surface area contributed by atoms with Crippen LogP contribution in [0.5, 0.6) is 0 Å². The van der Waals surface area contributed by atoms with E-state index in [0.717, 1.165) is 0 Å². The summed E-state index contributed by atoms with van der Waals surface area (Å²) in [6, 6.07) is 0. The summed E-state index contributed by atoms with van der Waals surface area (Å²) in [5.41, 5.74) is 0.709. The highest BCUT2D eigenvalue weighted by Gasteiger charge is 2.28. The van der Waals surface area contributed by atoms with Crippen molar-refractivity contribution in [3.63, 3.8) is 0 Å². The van der Waals surface area contributed by atoms with Gasteiger partial charge in [-0.2, -0.15) is 0 Å². The van der Waals surface area contributed by atoms with Gasteiger partial charge in [-0.05, 0) is 18.2 Å². The predicted molar refractivity (Wildman–Crippen MR) is 54.1 cm³/mol. The number of rotatable bonds is 1. The molecule has 0 saturated carbocycles. The van der Waals surface area contributed by atoms with E-state index in [0.29, 0.717) is 11.5 Å². The zero-order chi connectivity index (χ0) is 10.1. The largest absolute Gasteiger partial charge is 0.497 e. The summed E-state index contributed by atoms with van der Waals surface area (Å²) in [5.74, 6) is 0.150. The van der Waals surface area contributed by atoms with Crippen molar-refractivity contribution in [1.29, 1.82) is 0 Å². The van der Waals surface area contributed by atoms with Gasteiger partial charge in [0.1, 0.15) is 10.8 Å². The zero-order valence-corrected chi connectivity index (χ0v) is 8.28. The Hall–Kier alpha value is -1.35. The van der Waals surface area contributed by atoms with Crippen LogP contribution in [0.2, 0.25) is 0 Å². The molecule has 3 nitrogen and oxygen atoms in total. The van der Waals surface area contributed by atoms with E-state index in [1.54, 1.807) is 25.3 Å². The number of Topliss-reactive ketones (excluding diaryl/α,β-unsaturated/α-hetero) is 1. The first-order valence-corrected chi connectivity index (χ1v) is 4.51. The molecule has 1 unspecified atom stereocenters. The second kappa shape index (κ2) is 3.42. The number of carbonyl (C=O) groups excluding carboxylic acids is 1. The number of carbonyl (C=O) groups is 1. The smallest absolute Gasteiger partial charge is 0.188 e. The molecule has 0 radical (unpaired) electrons. The highest BCUT2D eigenvalue weighted by molar-refractivity contribution is 6.45. The van der Waals surface area contributed by atoms with Crippen LogP contribution in [0.25, 0.3) is 0 Å². The van der Waals surface area contributed by atoms with Crippen LogP contribution in [0.4, 0.5) is 0 Å². The van der Waals surface area contributed by atoms with Gasteiger partial charge in [-0.25, -0.2) is 0 Å². The van der Waals surface area contributed by atoms with Gasteiger partial charge in [-0.15, -0.1) is 0 Å². The summed E-state index contributed by atoms with van der Waals surface area (Å²) in [5, 5.41) is 0.167. The molecule has 2 aliphatic rings. The van der Waals surface area contributed by atoms with Crippen molar-refractivity contribution in [3.8, 4) is 0 Å². The molecule has 1 aliphatic heterocycles. The second-order valence-corrected chi connectivity index (χ2v) is 3.39. The van der Waals surface area contributed by atoms with Gasteiger partial charge in [-0.1, -0.05) is 11.6 Å². The molecule has 0 amide bonds. The predicted octanol–water partition coefficient (Wildman–Crippen LogP) is 1.81. The lowest BCUT2D eigenvalue weighted by molar-refractivity contribution is -0.115. The Bertz CT molecular complexity index is 404. The zero-order valence-electron chi connectivity index (χ0n) is 7.53. The van der Waals surface area contributed by atoms with Crippen molar-refractivity contribution in [1.82, 2.24) is 0 Å². The van der Waals surface area contributed by atoms with E-state index >= 15 is 0 Å². The third-order valence-corrected chi connectivity index (χ3v) is 2.43. The molecule has 14 heavy (non-hydrogen) atoms. The number of ketones is 1. The fraction of sp³-hybridized carbons (Fsp3) is 0.200. The van der Waals surface area contributed by atoms with Crippen LogP contribution in [-0.2, 0) is 9.53 Å². The average molecular weight is 210 g/mol. The summed E-state index contributed by atoms with van der Waals surface area (Å²) < 4.78 is 5.03. The van der Waals surface area contributed by atoms with Crippen molar-refractivity contribution in [3.05, 3.63) is 35.2 Å². The molecule has 0 saturated heterocycles. The summed E-state index contributed by atoms with van der Waals surface area (Å²) in [6.07, 6.45) is 6.64. The maximum Gasteiger partial charge on any atom is 0.188 e. The second-order valence-electron chi connectivity index (χ2n) is 2.98. The van der Waals surface area contributed by atoms with Crippen LogP contribution < -0.4 is 0 Å². The Morgan fingerprint density at radius 2 is 2.29 bits per heavy atom. The third-order valence-electron chi connectivity index (χ3n) is 2.15. The molecule has 1 aliphatic carbocycles. The van der Waals surface area contributed by atoms with E-state index in [4.69, 9.17) is 16.3 Å². The molecule has 0 bridgehead atoms. The van der Waals surface area contributed by atoms with Crippen molar-refractivity contribution in [2.75, 3.05) is 7.11 Å². The quantitative estimate of drug-likeness (QED) is 0.661. The van der Waals surface area contributed by atoms with E-state index in [9.17, 15) is 4.79 Å². The number of methoxy groups -OCH3 is 1. The Morgan fingerprint density at radius 3 is 3.00 bits per heavy atom. The summed E-state index contributed by atoms with van der Waals surface area (Å²) in [7, 11) is 1.56. The molecule has 0 aromatic heterocycles. The Balaban J connectivity index is 2.39. The number of ether oxygens (including phenoxy) is 1. The molecule has 0 aromatic carbocycles. The van der Waals surface area contributed by atoms with Gasteiger partial charge >= 0.3 is 0 Å². The number of halogens is 1. The van der Waals surface area contributed by atoms with Crippen LogP contribution >= 0.6 is 11.6 Å².